The Labute approximate surface area is 110 Å². The van der Waals surface area contributed by atoms with Crippen molar-refractivity contribution in [2.45, 2.75) is 37.8 Å². The molecule has 1 N–H and O–H groups in total. The van der Waals surface area contributed by atoms with Crippen molar-refractivity contribution in [1.82, 2.24) is 10.2 Å². The van der Waals surface area contributed by atoms with Crippen LogP contribution in [0.25, 0.3) is 0 Å². The molecule has 18 heavy (non-hydrogen) atoms. The molecule has 1 saturated heterocycles. The Balaban J connectivity index is 1.82. The molecule has 1 heterocycles. The van der Waals surface area contributed by atoms with Crippen molar-refractivity contribution < 1.29 is 0 Å². The van der Waals surface area contributed by atoms with Gasteiger partial charge in [-0.05, 0) is 45.2 Å². The second-order valence-electron chi connectivity index (χ2n) is 6.54. The van der Waals surface area contributed by atoms with Gasteiger partial charge in [0.05, 0.1) is 5.54 Å². The van der Waals surface area contributed by atoms with Crippen molar-refractivity contribution in [2.24, 2.45) is 5.92 Å². The Bertz CT molecular complexity index is 426. The lowest BCUT2D eigenvalue weighted by atomic mass is 9.82. The third-order valence-corrected chi connectivity index (χ3v) is 5.13. The fraction of sp³-hybridized carbons (Fsp3) is 0.625. The molecule has 0 bridgehead atoms. The van der Waals surface area contributed by atoms with Crippen LogP contribution in [0.1, 0.15) is 32.3 Å². The Morgan fingerprint density at radius 2 is 1.83 bits per heavy atom. The summed E-state index contributed by atoms with van der Waals surface area (Å²) in [7, 11) is 2.29. The van der Waals surface area contributed by atoms with Crippen LogP contribution in [0.2, 0.25) is 0 Å². The predicted molar refractivity (Wildman–Crippen MR) is 75.6 cm³/mol. The Hall–Kier alpha value is -0.860. The topological polar surface area (TPSA) is 15.3 Å². The molecule has 2 unspecified atom stereocenters. The summed E-state index contributed by atoms with van der Waals surface area (Å²) in [5.74, 6) is 0.898. The normalized spacial score (nSPS) is 37.7. The minimum atomic E-state index is 0.0877. The lowest BCUT2D eigenvalue weighted by Crippen LogP contribution is -2.66. The van der Waals surface area contributed by atoms with Crippen LogP contribution in [-0.2, 0) is 5.54 Å². The highest BCUT2D eigenvalue weighted by Gasteiger charge is 2.49. The number of nitrogens with zero attached hydrogens (tertiary/aromatic N) is 1. The molecule has 0 amide bonds. The SMILES string of the molecule is CN1CC(C)(c2ccccc2)NCC1(C)C1CC1. The first kappa shape index (κ1) is 12.2. The fourth-order valence-corrected chi connectivity index (χ4v) is 3.38. The molecule has 1 aliphatic carbocycles. The molecule has 2 heteroatoms. The predicted octanol–water partition coefficient (Wildman–Crippen LogP) is 2.61. The van der Waals surface area contributed by atoms with E-state index in [4.69, 9.17) is 0 Å². The highest BCUT2D eigenvalue weighted by Crippen LogP contribution is 2.45. The molecule has 2 atom stereocenters. The van der Waals surface area contributed by atoms with Crippen LogP contribution in [0.3, 0.4) is 0 Å². The summed E-state index contributed by atoms with van der Waals surface area (Å²) < 4.78 is 0. The van der Waals surface area contributed by atoms with Crippen molar-refractivity contribution in [3.63, 3.8) is 0 Å². The van der Waals surface area contributed by atoms with Gasteiger partial charge in [-0.2, -0.15) is 0 Å². The average molecular weight is 244 g/mol. The van der Waals surface area contributed by atoms with Crippen molar-refractivity contribution in [1.29, 1.82) is 0 Å². The van der Waals surface area contributed by atoms with Gasteiger partial charge in [0.25, 0.3) is 0 Å². The molecule has 3 rings (SSSR count). The molecule has 1 saturated carbocycles. The minimum Gasteiger partial charge on any atom is -0.305 e. The maximum atomic E-state index is 3.81. The second kappa shape index (κ2) is 4.07. The van der Waals surface area contributed by atoms with E-state index < -0.39 is 0 Å². The summed E-state index contributed by atoms with van der Waals surface area (Å²) in [6.45, 7) is 6.93. The summed E-state index contributed by atoms with van der Waals surface area (Å²) in [6.07, 6.45) is 2.81. The molecule has 2 aliphatic rings. The van der Waals surface area contributed by atoms with E-state index >= 15 is 0 Å². The monoisotopic (exact) mass is 244 g/mol. The second-order valence-corrected chi connectivity index (χ2v) is 6.54. The molecular formula is C16H24N2. The van der Waals surface area contributed by atoms with E-state index in [-0.39, 0.29) is 5.54 Å². The summed E-state index contributed by atoms with van der Waals surface area (Å²) >= 11 is 0. The van der Waals surface area contributed by atoms with Crippen molar-refractivity contribution >= 4 is 0 Å². The number of rotatable bonds is 2. The number of nitrogens with one attached hydrogen (secondary N) is 1. The smallest absolute Gasteiger partial charge is 0.0535 e. The van der Waals surface area contributed by atoms with Gasteiger partial charge in [-0.1, -0.05) is 30.3 Å². The summed E-state index contributed by atoms with van der Waals surface area (Å²) in [5, 5.41) is 3.81. The zero-order valence-corrected chi connectivity index (χ0v) is 11.7. The van der Waals surface area contributed by atoms with Gasteiger partial charge < -0.3 is 5.32 Å². The minimum absolute atomic E-state index is 0.0877. The van der Waals surface area contributed by atoms with Gasteiger partial charge in [0, 0.05) is 18.6 Å². The van der Waals surface area contributed by atoms with Crippen LogP contribution >= 0.6 is 0 Å². The van der Waals surface area contributed by atoms with E-state index in [1.165, 1.54) is 18.4 Å². The van der Waals surface area contributed by atoms with Crippen molar-refractivity contribution in [3.05, 3.63) is 35.9 Å². The first-order valence-electron chi connectivity index (χ1n) is 7.06. The van der Waals surface area contributed by atoms with Crippen LogP contribution in [0.5, 0.6) is 0 Å². The first-order chi connectivity index (χ1) is 8.55. The van der Waals surface area contributed by atoms with Gasteiger partial charge in [0.15, 0.2) is 0 Å². The molecule has 1 aromatic carbocycles. The molecule has 0 radical (unpaired) electrons. The largest absolute Gasteiger partial charge is 0.305 e. The highest BCUT2D eigenvalue weighted by molar-refractivity contribution is 5.26. The Morgan fingerprint density at radius 1 is 1.17 bits per heavy atom. The maximum absolute atomic E-state index is 3.81. The summed E-state index contributed by atoms with van der Waals surface area (Å²) in [5.41, 5.74) is 1.84. The number of hydrogen-bond acceptors (Lipinski definition) is 2. The van der Waals surface area contributed by atoms with E-state index in [0.717, 1.165) is 19.0 Å². The number of benzene rings is 1. The standard InChI is InChI=1S/C16H24N2/c1-15(13-7-5-4-6-8-13)12-18(3)16(2,11-17-15)14-9-10-14/h4-8,14,17H,9-12H2,1-3H3. The van der Waals surface area contributed by atoms with Gasteiger partial charge in [0.2, 0.25) is 0 Å². The fourth-order valence-electron chi connectivity index (χ4n) is 3.38. The zero-order valence-electron chi connectivity index (χ0n) is 11.7. The van der Waals surface area contributed by atoms with Gasteiger partial charge in [-0.15, -0.1) is 0 Å². The van der Waals surface area contributed by atoms with Crippen LogP contribution < -0.4 is 5.32 Å². The third-order valence-electron chi connectivity index (χ3n) is 5.13. The lowest BCUT2D eigenvalue weighted by molar-refractivity contribution is 0.0270. The van der Waals surface area contributed by atoms with Crippen molar-refractivity contribution in [3.8, 4) is 0 Å². The van der Waals surface area contributed by atoms with E-state index in [2.05, 4.69) is 61.4 Å². The Morgan fingerprint density at radius 3 is 2.39 bits per heavy atom. The Kier molecular flexibility index (Phi) is 2.76. The van der Waals surface area contributed by atoms with Gasteiger partial charge in [0.1, 0.15) is 0 Å². The average Bonchev–Trinajstić information content (AvgIpc) is 3.20. The molecule has 2 fully saturated rings. The highest BCUT2D eigenvalue weighted by atomic mass is 15.3. The molecule has 2 nitrogen and oxygen atoms in total. The molecule has 0 spiro atoms. The summed E-state index contributed by atoms with van der Waals surface area (Å²) in [4.78, 5) is 2.58. The van der Waals surface area contributed by atoms with Gasteiger partial charge >= 0.3 is 0 Å². The number of likely N-dealkylation sites (N-methyl/N-ethyl adjacent to an activating group) is 1. The maximum Gasteiger partial charge on any atom is 0.0535 e. The quantitative estimate of drug-likeness (QED) is 0.860. The van der Waals surface area contributed by atoms with Gasteiger partial charge in [-0.25, -0.2) is 0 Å². The van der Waals surface area contributed by atoms with Crippen molar-refractivity contribution in [2.75, 3.05) is 20.1 Å². The van der Waals surface area contributed by atoms with E-state index in [0.29, 0.717) is 5.54 Å². The van der Waals surface area contributed by atoms with E-state index in [1.807, 2.05) is 0 Å². The van der Waals surface area contributed by atoms with Gasteiger partial charge in [-0.3, -0.25) is 4.90 Å². The molecule has 98 valence electrons. The number of hydrogen-bond donors (Lipinski definition) is 1. The van der Waals surface area contributed by atoms with E-state index in [1.54, 1.807) is 0 Å². The first-order valence-corrected chi connectivity index (χ1v) is 7.06. The van der Waals surface area contributed by atoms with E-state index in [9.17, 15) is 0 Å². The lowest BCUT2D eigenvalue weighted by Gasteiger charge is -2.51. The molecule has 1 aliphatic heterocycles. The van der Waals surface area contributed by atoms with Crippen LogP contribution in [-0.4, -0.2) is 30.6 Å². The summed E-state index contributed by atoms with van der Waals surface area (Å²) in [6, 6.07) is 10.8. The molecule has 0 aromatic heterocycles. The zero-order chi connectivity index (χ0) is 12.8. The van der Waals surface area contributed by atoms with Crippen LogP contribution in [0, 0.1) is 5.92 Å². The molecular weight excluding hydrogens is 220 g/mol. The number of piperazine rings is 1. The van der Waals surface area contributed by atoms with Crippen LogP contribution in [0.4, 0.5) is 0 Å². The van der Waals surface area contributed by atoms with Crippen LogP contribution in [0.15, 0.2) is 30.3 Å². The molecule has 1 aromatic rings. The third kappa shape index (κ3) is 1.88.